The number of aryl methyl sites for hydroxylation is 1. The third kappa shape index (κ3) is 3.15. The number of alkyl halides is 1. The predicted octanol–water partition coefficient (Wildman–Crippen LogP) is 2.11. The molecule has 31 heavy (non-hydrogen) atoms. The summed E-state index contributed by atoms with van der Waals surface area (Å²) in [6.45, 7) is 0. The molecule has 9 heteroatoms. The lowest BCUT2D eigenvalue weighted by Crippen LogP contribution is -2.56. The number of fused-ring (bicyclic) bond motifs is 3. The summed E-state index contributed by atoms with van der Waals surface area (Å²) < 4.78 is 16.5. The average molecular weight is 424 g/mol. The van der Waals surface area contributed by atoms with Gasteiger partial charge in [0.2, 0.25) is 0 Å². The number of halogens is 1. The number of hydrogen-bond donors (Lipinski definition) is 1. The highest BCUT2D eigenvalue weighted by Gasteiger charge is 2.47. The van der Waals surface area contributed by atoms with Gasteiger partial charge in [-0.25, -0.2) is 9.37 Å². The monoisotopic (exact) mass is 424 g/mol. The summed E-state index contributed by atoms with van der Waals surface area (Å²) in [6.07, 6.45) is 3.17. The summed E-state index contributed by atoms with van der Waals surface area (Å²) >= 11 is 0. The van der Waals surface area contributed by atoms with Crippen molar-refractivity contribution in [1.29, 1.82) is 0 Å². The zero-order chi connectivity index (χ0) is 21.9. The normalized spacial score (nSPS) is 25.8. The maximum absolute atomic E-state index is 15.1. The zero-order valence-electron chi connectivity index (χ0n) is 17.7. The van der Waals surface area contributed by atoms with Crippen LogP contribution in [0, 0.1) is 0 Å². The Bertz CT molecular complexity index is 1200. The minimum absolute atomic E-state index is 0.0284. The molecule has 2 aliphatic rings. The van der Waals surface area contributed by atoms with Crippen molar-refractivity contribution in [3.8, 4) is 17.0 Å². The van der Waals surface area contributed by atoms with E-state index in [-0.39, 0.29) is 23.4 Å². The molecule has 0 amide bonds. The van der Waals surface area contributed by atoms with E-state index < -0.39 is 6.17 Å². The molecule has 1 N–H and O–H groups in total. The molecule has 0 aliphatic carbocycles. The molecule has 162 valence electrons. The van der Waals surface area contributed by atoms with E-state index >= 15 is 4.39 Å². The van der Waals surface area contributed by atoms with Crippen molar-refractivity contribution >= 4 is 16.7 Å². The maximum atomic E-state index is 15.1. The number of rotatable bonds is 3. The van der Waals surface area contributed by atoms with Gasteiger partial charge in [0.25, 0.3) is 5.56 Å². The molecule has 5 rings (SSSR count). The number of aromatic nitrogens is 4. The molecular formula is C22H25FN6O2. The van der Waals surface area contributed by atoms with Gasteiger partial charge in [-0.05, 0) is 44.5 Å². The third-order valence-corrected chi connectivity index (χ3v) is 6.96. The van der Waals surface area contributed by atoms with E-state index in [0.717, 1.165) is 19.3 Å². The van der Waals surface area contributed by atoms with Gasteiger partial charge in [-0.15, -0.1) is 10.2 Å². The number of anilines is 1. The molecule has 0 unspecified atom stereocenters. The first-order chi connectivity index (χ1) is 14.8. The number of benzene rings is 1. The van der Waals surface area contributed by atoms with Gasteiger partial charge in [0.15, 0.2) is 5.82 Å². The van der Waals surface area contributed by atoms with Crippen LogP contribution in [-0.4, -0.2) is 68.1 Å². The Balaban J connectivity index is 1.45. The summed E-state index contributed by atoms with van der Waals surface area (Å²) in [7, 11) is 5.49. The molecular weight excluding hydrogens is 399 g/mol. The van der Waals surface area contributed by atoms with Crippen LogP contribution in [0.2, 0.25) is 0 Å². The Morgan fingerprint density at radius 2 is 2.00 bits per heavy atom. The number of phenols is 1. The highest BCUT2D eigenvalue weighted by atomic mass is 19.1. The number of hydrogen-bond acceptors (Lipinski definition) is 7. The van der Waals surface area contributed by atoms with Gasteiger partial charge in [0, 0.05) is 37.8 Å². The topological polar surface area (TPSA) is 87.4 Å². The quantitative estimate of drug-likeness (QED) is 0.689. The second-order valence-electron chi connectivity index (χ2n) is 8.65. The van der Waals surface area contributed by atoms with Gasteiger partial charge in [-0.2, -0.15) is 0 Å². The van der Waals surface area contributed by atoms with E-state index in [4.69, 9.17) is 0 Å². The van der Waals surface area contributed by atoms with Crippen LogP contribution in [0.15, 0.2) is 35.4 Å². The summed E-state index contributed by atoms with van der Waals surface area (Å²) in [4.78, 5) is 20.6. The van der Waals surface area contributed by atoms with Crippen molar-refractivity contribution in [1.82, 2.24) is 24.6 Å². The van der Waals surface area contributed by atoms with E-state index in [1.165, 1.54) is 17.0 Å². The first kappa shape index (κ1) is 19.9. The molecule has 2 fully saturated rings. The number of piperidine rings is 1. The Morgan fingerprint density at radius 1 is 1.19 bits per heavy atom. The van der Waals surface area contributed by atoms with Crippen molar-refractivity contribution in [2.75, 3.05) is 19.0 Å². The summed E-state index contributed by atoms with van der Waals surface area (Å²) in [5.41, 5.74) is 1.05. The lowest BCUT2D eigenvalue weighted by atomic mass is 9.95. The second kappa shape index (κ2) is 7.26. The zero-order valence-corrected chi connectivity index (χ0v) is 17.7. The van der Waals surface area contributed by atoms with E-state index in [1.54, 1.807) is 25.2 Å². The molecule has 4 atom stereocenters. The van der Waals surface area contributed by atoms with Crippen molar-refractivity contribution in [3.63, 3.8) is 0 Å². The molecule has 2 aromatic heterocycles. The minimum Gasteiger partial charge on any atom is -0.507 e. The highest BCUT2D eigenvalue weighted by molar-refractivity contribution is 5.86. The van der Waals surface area contributed by atoms with Crippen LogP contribution in [0.1, 0.15) is 19.3 Å². The largest absolute Gasteiger partial charge is 0.507 e. The molecule has 0 radical (unpaired) electrons. The SMILES string of the molecule is CN(c1ccc(-c2cc3c(=O)n(C)cnc3cc2O)nn1)[C@@H]1C[C@H]2CC[C@@H]([C@@H]1F)N2C. The van der Waals surface area contributed by atoms with Crippen LogP contribution in [0.25, 0.3) is 22.2 Å². The van der Waals surface area contributed by atoms with Crippen molar-refractivity contribution < 1.29 is 9.50 Å². The highest BCUT2D eigenvalue weighted by Crippen LogP contribution is 2.39. The number of nitrogens with zero attached hydrogens (tertiary/aromatic N) is 6. The van der Waals surface area contributed by atoms with E-state index in [9.17, 15) is 9.90 Å². The first-order valence-corrected chi connectivity index (χ1v) is 10.5. The molecule has 8 nitrogen and oxygen atoms in total. The Morgan fingerprint density at radius 3 is 2.74 bits per heavy atom. The summed E-state index contributed by atoms with van der Waals surface area (Å²) in [5.74, 6) is 0.553. The Hall–Kier alpha value is -3.07. The van der Waals surface area contributed by atoms with Gasteiger partial charge >= 0.3 is 0 Å². The second-order valence-corrected chi connectivity index (χ2v) is 8.65. The van der Waals surface area contributed by atoms with Crippen LogP contribution in [-0.2, 0) is 7.05 Å². The molecule has 3 aromatic rings. The van der Waals surface area contributed by atoms with Gasteiger partial charge in [0.05, 0.1) is 29.0 Å². The standard InChI is InChI=1S/C22H25FN6O2/c1-27-11-24-16-10-19(30)13(9-14(16)22(27)31)15-5-7-20(26-25-15)29(3)18-8-12-4-6-17(21(18)23)28(12)2/h5,7,9-12,17-18,21,30H,4,6,8H2,1-3H3/t12-,17+,18-,21+/m1/s1. The fourth-order valence-corrected chi connectivity index (χ4v) is 5.02. The van der Waals surface area contributed by atoms with E-state index in [0.29, 0.717) is 34.0 Å². The fourth-order valence-electron chi connectivity index (χ4n) is 5.02. The molecule has 0 saturated carbocycles. The maximum Gasteiger partial charge on any atom is 0.260 e. The lowest BCUT2D eigenvalue weighted by molar-refractivity contribution is 0.0701. The summed E-state index contributed by atoms with van der Waals surface area (Å²) in [6, 6.07) is 6.68. The Kier molecular flexibility index (Phi) is 4.65. The number of aromatic hydroxyl groups is 1. The molecule has 2 saturated heterocycles. The van der Waals surface area contributed by atoms with Gasteiger partial charge in [-0.3, -0.25) is 9.69 Å². The summed E-state index contributed by atoms with van der Waals surface area (Å²) in [5, 5.41) is 19.4. The third-order valence-electron chi connectivity index (χ3n) is 6.96. The van der Waals surface area contributed by atoms with Gasteiger partial charge in [0.1, 0.15) is 11.9 Å². The molecule has 4 heterocycles. The van der Waals surface area contributed by atoms with Crippen molar-refractivity contribution in [2.24, 2.45) is 7.05 Å². The average Bonchev–Trinajstić information content (AvgIpc) is 3.03. The van der Waals surface area contributed by atoms with Crippen LogP contribution in [0.3, 0.4) is 0 Å². The lowest BCUT2D eigenvalue weighted by Gasteiger charge is -2.43. The predicted molar refractivity (Wildman–Crippen MR) is 116 cm³/mol. The van der Waals surface area contributed by atoms with Crippen molar-refractivity contribution in [2.45, 2.75) is 43.6 Å². The molecule has 1 aromatic carbocycles. The molecule has 2 bridgehead atoms. The van der Waals surface area contributed by atoms with Crippen LogP contribution < -0.4 is 10.5 Å². The smallest absolute Gasteiger partial charge is 0.260 e. The van der Waals surface area contributed by atoms with Gasteiger partial charge < -0.3 is 14.6 Å². The van der Waals surface area contributed by atoms with Crippen LogP contribution >= 0.6 is 0 Å². The van der Waals surface area contributed by atoms with E-state index in [1.807, 2.05) is 19.0 Å². The molecule has 2 aliphatic heterocycles. The van der Waals surface area contributed by atoms with Gasteiger partial charge in [-0.1, -0.05) is 0 Å². The first-order valence-electron chi connectivity index (χ1n) is 10.5. The van der Waals surface area contributed by atoms with Crippen molar-refractivity contribution in [3.05, 3.63) is 40.9 Å². The molecule has 0 spiro atoms. The fraction of sp³-hybridized carbons (Fsp3) is 0.455. The number of phenolic OH excluding ortho intramolecular Hbond substituents is 1. The minimum atomic E-state index is -0.941. The van der Waals surface area contributed by atoms with E-state index in [2.05, 4.69) is 20.1 Å². The van der Waals surface area contributed by atoms with Crippen LogP contribution in [0.4, 0.5) is 10.2 Å². The van der Waals surface area contributed by atoms with Crippen LogP contribution in [0.5, 0.6) is 5.75 Å². The Labute approximate surface area is 179 Å².